The topological polar surface area (TPSA) is 20.3 Å². The van der Waals surface area contributed by atoms with E-state index in [1.807, 2.05) is 35.0 Å². The van der Waals surface area contributed by atoms with Crippen LogP contribution in [0.3, 0.4) is 0 Å². The second-order valence-electron chi connectivity index (χ2n) is 2.63. The molecular weight excluding hydrogens is 288 g/mol. The maximum atomic E-state index is 11.4. The number of fused-ring (bicyclic) bond motifs is 1. The molecule has 0 aromatic heterocycles. The molecule has 0 fully saturated rings. The Morgan fingerprint density at radius 3 is 3.00 bits per heavy atom. The van der Waals surface area contributed by atoms with Gasteiger partial charge in [-0.1, -0.05) is 17.7 Å². The van der Waals surface area contributed by atoms with Crippen LogP contribution in [0.1, 0.15) is 15.9 Å². The van der Waals surface area contributed by atoms with E-state index in [2.05, 4.69) is 0 Å². The first-order chi connectivity index (χ1) is 5.68. The number of halogens is 2. The molecule has 0 N–H and O–H groups in total. The fourth-order valence-corrected chi connectivity index (χ4v) is 2.04. The zero-order valence-electron chi connectivity index (χ0n) is 6.05. The number of rotatable bonds is 0. The van der Waals surface area contributed by atoms with Gasteiger partial charge in [-0.05, 0) is 17.7 Å². The molecule has 62 valence electrons. The Hall–Kier alpha value is -0.290. The van der Waals surface area contributed by atoms with Gasteiger partial charge in [-0.2, -0.15) is 0 Å². The first-order valence-corrected chi connectivity index (χ1v) is 4.79. The number of benzene rings is 1. The number of hydrogen-bond donors (Lipinski definition) is 0. The molecule has 0 atom stereocenters. The van der Waals surface area contributed by atoms with Crippen LogP contribution in [-0.2, 0) is 6.54 Å². The lowest BCUT2D eigenvalue weighted by Crippen LogP contribution is -2.09. The predicted octanol–water partition coefficient (Wildman–Crippen LogP) is 2.65. The molecule has 0 aliphatic carbocycles. The van der Waals surface area contributed by atoms with Crippen molar-refractivity contribution in [3.05, 3.63) is 34.3 Å². The molecule has 1 aliphatic heterocycles. The van der Waals surface area contributed by atoms with Gasteiger partial charge in [-0.25, -0.2) is 0 Å². The molecular formula is C8H5ClINO. The maximum Gasteiger partial charge on any atom is 0.263 e. The average molecular weight is 293 g/mol. The molecule has 1 aromatic rings. The Morgan fingerprint density at radius 2 is 2.25 bits per heavy atom. The van der Waals surface area contributed by atoms with Crippen molar-refractivity contribution in [1.82, 2.24) is 3.11 Å². The summed E-state index contributed by atoms with van der Waals surface area (Å²) in [6.07, 6.45) is 0. The normalized spacial score (nSPS) is 15.2. The monoisotopic (exact) mass is 293 g/mol. The van der Waals surface area contributed by atoms with E-state index in [9.17, 15) is 4.79 Å². The third kappa shape index (κ3) is 1.21. The van der Waals surface area contributed by atoms with Gasteiger partial charge in [-0.15, -0.1) is 0 Å². The zero-order valence-corrected chi connectivity index (χ0v) is 8.96. The number of carbonyl (C=O) groups excluding carboxylic acids is 1. The molecule has 1 heterocycles. The number of hydrogen-bond acceptors (Lipinski definition) is 1. The van der Waals surface area contributed by atoms with E-state index in [1.54, 1.807) is 9.18 Å². The van der Waals surface area contributed by atoms with Crippen molar-refractivity contribution in [2.75, 3.05) is 0 Å². The maximum absolute atomic E-state index is 11.4. The summed E-state index contributed by atoms with van der Waals surface area (Å²) in [6, 6.07) is 5.43. The van der Waals surface area contributed by atoms with Crippen LogP contribution in [0.25, 0.3) is 0 Å². The van der Waals surface area contributed by atoms with Crippen molar-refractivity contribution in [3.63, 3.8) is 0 Å². The van der Waals surface area contributed by atoms with Crippen LogP contribution >= 0.6 is 34.5 Å². The number of carbonyl (C=O) groups is 1. The summed E-state index contributed by atoms with van der Waals surface area (Å²) in [6.45, 7) is 0.686. The molecule has 2 rings (SSSR count). The molecule has 1 aliphatic rings. The smallest absolute Gasteiger partial charge is 0.263 e. The van der Waals surface area contributed by atoms with Crippen LogP contribution in [0.2, 0.25) is 5.02 Å². The van der Waals surface area contributed by atoms with E-state index >= 15 is 0 Å². The quantitative estimate of drug-likeness (QED) is 0.532. The fraction of sp³-hybridized carbons (Fsp3) is 0.125. The molecule has 0 spiro atoms. The summed E-state index contributed by atoms with van der Waals surface area (Å²) < 4.78 is 1.65. The molecule has 0 saturated carbocycles. The molecule has 4 heteroatoms. The summed E-state index contributed by atoms with van der Waals surface area (Å²) in [5.41, 5.74) is 1.79. The van der Waals surface area contributed by atoms with Gasteiger partial charge < -0.3 is 0 Å². The highest BCUT2D eigenvalue weighted by Gasteiger charge is 2.25. The molecule has 0 unspecified atom stereocenters. The lowest BCUT2D eigenvalue weighted by molar-refractivity contribution is 0.0905. The highest BCUT2D eigenvalue weighted by atomic mass is 127. The molecule has 0 radical (unpaired) electrons. The van der Waals surface area contributed by atoms with Crippen LogP contribution in [-0.4, -0.2) is 9.02 Å². The number of amides is 1. The van der Waals surface area contributed by atoms with Gasteiger partial charge in [0, 0.05) is 10.6 Å². The van der Waals surface area contributed by atoms with E-state index in [0.717, 1.165) is 11.1 Å². The third-order valence-electron chi connectivity index (χ3n) is 1.83. The van der Waals surface area contributed by atoms with Crippen LogP contribution in [0.15, 0.2) is 18.2 Å². The van der Waals surface area contributed by atoms with Gasteiger partial charge in [0.15, 0.2) is 0 Å². The highest BCUT2D eigenvalue weighted by molar-refractivity contribution is 14.1. The van der Waals surface area contributed by atoms with Crippen molar-refractivity contribution >= 4 is 40.4 Å². The van der Waals surface area contributed by atoms with Crippen LogP contribution < -0.4 is 0 Å². The minimum absolute atomic E-state index is 0.0492. The zero-order chi connectivity index (χ0) is 8.72. The SMILES string of the molecule is O=C1c2cc(Cl)ccc2CN1I. The largest absolute Gasteiger partial charge is 0.276 e. The molecule has 0 bridgehead atoms. The first kappa shape index (κ1) is 8.31. The van der Waals surface area contributed by atoms with Crippen molar-refractivity contribution in [2.45, 2.75) is 6.54 Å². The Morgan fingerprint density at radius 1 is 1.50 bits per heavy atom. The van der Waals surface area contributed by atoms with Crippen molar-refractivity contribution in [1.29, 1.82) is 0 Å². The molecule has 0 saturated heterocycles. The van der Waals surface area contributed by atoms with Crippen molar-refractivity contribution in [2.24, 2.45) is 0 Å². The van der Waals surface area contributed by atoms with E-state index in [0.29, 0.717) is 11.6 Å². The Kier molecular flexibility index (Phi) is 2.00. The second-order valence-corrected chi connectivity index (χ2v) is 4.23. The Labute approximate surface area is 89.0 Å². The third-order valence-corrected chi connectivity index (χ3v) is 2.85. The summed E-state index contributed by atoms with van der Waals surface area (Å²) in [5, 5.41) is 0.619. The lowest BCUT2D eigenvalue weighted by atomic mass is 10.1. The van der Waals surface area contributed by atoms with Gasteiger partial charge in [0.1, 0.15) is 0 Å². The minimum Gasteiger partial charge on any atom is -0.276 e. The van der Waals surface area contributed by atoms with Gasteiger partial charge >= 0.3 is 0 Å². The molecule has 1 amide bonds. The second kappa shape index (κ2) is 2.88. The van der Waals surface area contributed by atoms with Gasteiger partial charge in [0.2, 0.25) is 0 Å². The lowest BCUT2D eigenvalue weighted by Gasteiger charge is -2.00. The van der Waals surface area contributed by atoms with Crippen LogP contribution in [0.5, 0.6) is 0 Å². The van der Waals surface area contributed by atoms with E-state index < -0.39 is 0 Å². The Bertz CT molecular complexity index is 353. The molecule has 12 heavy (non-hydrogen) atoms. The van der Waals surface area contributed by atoms with Crippen LogP contribution in [0.4, 0.5) is 0 Å². The summed E-state index contributed by atoms with van der Waals surface area (Å²) in [4.78, 5) is 11.4. The van der Waals surface area contributed by atoms with Gasteiger partial charge in [0.05, 0.1) is 29.4 Å². The molecule has 1 aromatic carbocycles. The standard InChI is InChI=1S/C8H5ClINO/c9-6-2-1-5-4-11(10)8(12)7(5)3-6/h1-3H,4H2. The Balaban J connectivity index is 2.56. The summed E-state index contributed by atoms with van der Waals surface area (Å²) >= 11 is 7.77. The van der Waals surface area contributed by atoms with Gasteiger partial charge in [0.25, 0.3) is 5.91 Å². The predicted molar refractivity (Wildman–Crippen MR) is 55.3 cm³/mol. The fourth-order valence-electron chi connectivity index (χ4n) is 1.24. The highest BCUT2D eigenvalue weighted by Crippen LogP contribution is 2.27. The average Bonchev–Trinajstić information content (AvgIpc) is 2.31. The van der Waals surface area contributed by atoms with E-state index in [-0.39, 0.29) is 5.91 Å². The minimum atomic E-state index is 0.0492. The molecule has 2 nitrogen and oxygen atoms in total. The van der Waals surface area contributed by atoms with Gasteiger partial charge in [-0.3, -0.25) is 7.91 Å². The summed E-state index contributed by atoms with van der Waals surface area (Å²) in [7, 11) is 0. The van der Waals surface area contributed by atoms with Crippen molar-refractivity contribution in [3.8, 4) is 0 Å². The van der Waals surface area contributed by atoms with Crippen molar-refractivity contribution < 1.29 is 4.79 Å². The summed E-state index contributed by atoms with van der Waals surface area (Å²) in [5.74, 6) is 0.0492. The first-order valence-electron chi connectivity index (χ1n) is 3.44. The number of nitrogens with zero attached hydrogens (tertiary/aromatic N) is 1. The van der Waals surface area contributed by atoms with Crippen LogP contribution in [0, 0.1) is 0 Å². The van der Waals surface area contributed by atoms with E-state index in [4.69, 9.17) is 11.6 Å². The van der Waals surface area contributed by atoms with E-state index in [1.165, 1.54) is 0 Å².